The molecular weight excluding hydrogens is 219 g/mol. The van der Waals surface area contributed by atoms with Crippen molar-refractivity contribution in [2.24, 2.45) is 0 Å². The molecule has 0 N–H and O–H groups in total. The van der Waals surface area contributed by atoms with Crippen LogP contribution in [0.15, 0.2) is 24.3 Å². The van der Waals surface area contributed by atoms with E-state index in [1.807, 2.05) is 0 Å². The topological polar surface area (TPSA) is 54.0 Å². The summed E-state index contributed by atoms with van der Waals surface area (Å²) in [4.78, 5) is 8.71. The molecule has 0 aliphatic heterocycles. The first kappa shape index (κ1) is 12.4. The van der Waals surface area contributed by atoms with E-state index in [1.165, 1.54) is 14.2 Å². The molecule has 0 fully saturated rings. The number of benzene rings is 1. The quantitative estimate of drug-likeness (QED) is 0.427. The largest absolute Gasteiger partial charge is 0.388 e. The van der Waals surface area contributed by atoms with Crippen LogP contribution in [0.2, 0.25) is 0 Å². The highest BCUT2D eigenvalue weighted by atomic mass is 31.2. The molecule has 0 unspecified atom stereocenters. The monoisotopic (exact) mass is 231 g/mol. The van der Waals surface area contributed by atoms with Gasteiger partial charge < -0.3 is 0 Å². The van der Waals surface area contributed by atoms with Gasteiger partial charge in [0.1, 0.15) is 0 Å². The zero-order valence-electron chi connectivity index (χ0n) is 8.50. The van der Waals surface area contributed by atoms with Crippen LogP contribution in [0, 0.1) is 6.07 Å². The fourth-order valence-corrected chi connectivity index (χ4v) is 2.29. The van der Waals surface area contributed by atoms with Crippen molar-refractivity contribution in [3.8, 4) is 0 Å². The Labute approximate surface area is 88.3 Å². The second-order valence-electron chi connectivity index (χ2n) is 2.66. The second-order valence-corrected chi connectivity index (χ2v) is 4.50. The Morgan fingerprint density at radius 1 is 1.20 bits per heavy atom. The van der Waals surface area contributed by atoms with Crippen LogP contribution < -0.4 is 0 Å². The first-order valence-electron chi connectivity index (χ1n) is 4.19. The van der Waals surface area contributed by atoms with Gasteiger partial charge >= 0.3 is 7.60 Å². The highest BCUT2D eigenvalue weighted by Gasteiger charge is 2.27. The maximum absolute atomic E-state index is 11.9. The first-order chi connectivity index (χ1) is 7.20. The predicted molar refractivity (Wildman–Crippen MR) is 52.8 cm³/mol. The Hall–Kier alpha value is -0.710. The third kappa shape index (κ3) is 4.11. The van der Waals surface area contributed by atoms with Crippen molar-refractivity contribution in [2.45, 2.75) is 6.16 Å². The molecule has 0 atom stereocenters. The summed E-state index contributed by atoms with van der Waals surface area (Å²) in [7, 11) is -0.891. The van der Waals surface area contributed by atoms with Crippen LogP contribution in [0.3, 0.4) is 0 Å². The molecule has 0 saturated carbocycles. The SMILES string of the molecule is COOP(=O)(Cc1cc[c]cc1)OOC. The summed E-state index contributed by atoms with van der Waals surface area (Å²) < 4.78 is 21.0. The zero-order chi connectivity index (χ0) is 11.1. The number of hydrogen-bond acceptors (Lipinski definition) is 5. The molecule has 1 radical (unpaired) electrons. The standard InChI is InChI=1S/C9H12O5P/c1-11-13-15(10,14-12-2)8-9-6-4-3-5-7-9/h4-7H,8H2,1-2H3. The van der Waals surface area contributed by atoms with E-state index in [0.717, 1.165) is 5.56 Å². The predicted octanol–water partition coefficient (Wildman–Crippen LogP) is 2.34. The van der Waals surface area contributed by atoms with E-state index in [0.29, 0.717) is 0 Å². The summed E-state index contributed by atoms with van der Waals surface area (Å²) >= 11 is 0. The van der Waals surface area contributed by atoms with Gasteiger partial charge in [-0.3, -0.25) is 4.57 Å². The molecule has 1 aromatic carbocycles. The smallest absolute Gasteiger partial charge is 0.255 e. The van der Waals surface area contributed by atoms with Crippen LogP contribution >= 0.6 is 7.60 Å². The van der Waals surface area contributed by atoms with Gasteiger partial charge in [-0.05, 0) is 11.6 Å². The van der Waals surface area contributed by atoms with Gasteiger partial charge in [-0.1, -0.05) is 24.3 Å². The molecule has 83 valence electrons. The lowest BCUT2D eigenvalue weighted by Gasteiger charge is -2.13. The maximum atomic E-state index is 11.9. The summed E-state index contributed by atoms with van der Waals surface area (Å²) in [6, 6.07) is 9.77. The summed E-state index contributed by atoms with van der Waals surface area (Å²) in [6.45, 7) is 0. The molecule has 0 spiro atoms. The first-order valence-corrected chi connectivity index (χ1v) is 5.92. The minimum absolute atomic E-state index is 0.0728. The van der Waals surface area contributed by atoms with Gasteiger partial charge in [-0.15, -0.1) is 9.35 Å². The lowest BCUT2D eigenvalue weighted by molar-refractivity contribution is -0.242. The molecule has 0 aromatic heterocycles. The van der Waals surface area contributed by atoms with Crippen LogP contribution in [-0.4, -0.2) is 14.2 Å². The van der Waals surface area contributed by atoms with Crippen molar-refractivity contribution >= 4 is 7.60 Å². The van der Waals surface area contributed by atoms with Crippen molar-refractivity contribution < 1.29 is 23.7 Å². The van der Waals surface area contributed by atoms with Crippen LogP contribution in [0.5, 0.6) is 0 Å². The minimum atomic E-state index is -3.40. The molecule has 1 rings (SSSR count). The van der Waals surface area contributed by atoms with Crippen molar-refractivity contribution in [1.82, 2.24) is 0 Å². The molecular formula is C9H12O5P. The normalized spacial score (nSPS) is 11.6. The molecule has 0 aliphatic carbocycles. The van der Waals surface area contributed by atoms with Gasteiger partial charge in [0.25, 0.3) is 0 Å². The van der Waals surface area contributed by atoms with E-state index in [1.54, 1.807) is 24.3 Å². The molecule has 0 saturated heterocycles. The van der Waals surface area contributed by atoms with Crippen LogP contribution in [0.4, 0.5) is 0 Å². The summed E-state index contributed by atoms with van der Waals surface area (Å²) in [5, 5.41) is 0. The van der Waals surface area contributed by atoms with E-state index >= 15 is 0 Å². The van der Waals surface area contributed by atoms with Gasteiger partial charge in [-0.2, -0.15) is 0 Å². The molecule has 0 amide bonds. The average Bonchev–Trinajstić information content (AvgIpc) is 2.19. The van der Waals surface area contributed by atoms with Crippen LogP contribution in [0.25, 0.3) is 0 Å². The highest BCUT2D eigenvalue weighted by Crippen LogP contribution is 2.51. The van der Waals surface area contributed by atoms with E-state index in [4.69, 9.17) is 0 Å². The Balaban J connectivity index is 2.71. The van der Waals surface area contributed by atoms with E-state index in [-0.39, 0.29) is 6.16 Å². The third-order valence-corrected chi connectivity index (χ3v) is 3.04. The Morgan fingerprint density at radius 2 is 1.73 bits per heavy atom. The Kier molecular flexibility index (Phi) is 4.94. The highest BCUT2D eigenvalue weighted by molar-refractivity contribution is 7.52. The molecule has 0 bridgehead atoms. The van der Waals surface area contributed by atoms with Crippen molar-refractivity contribution in [1.29, 1.82) is 0 Å². The minimum Gasteiger partial charge on any atom is -0.255 e. The van der Waals surface area contributed by atoms with Crippen molar-refractivity contribution in [3.05, 3.63) is 35.9 Å². The summed E-state index contributed by atoms with van der Waals surface area (Å²) in [5.74, 6) is 0. The van der Waals surface area contributed by atoms with Gasteiger partial charge in [0, 0.05) is 0 Å². The fraction of sp³-hybridized carbons (Fsp3) is 0.333. The lowest BCUT2D eigenvalue weighted by Crippen LogP contribution is -1.98. The number of rotatable bonds is 6. The van der Waals surface area contributed by atoms with E-state index in [9.17, 15) is 4.57 Å². The van der Waals surface area contributed by atoms with E-state index in [2.05, 4.69) is 25.2 Å². The molecule has 5 nitrogen and oxygen atoms in total. The third-order valence-electron chi connectivity index (χ3n) is 1.54. The Bertz CT molecular complexity index is 317. The van der Waals surface area contributed by atoms with E-state index < -0.39 is 7.60 Å². The average molecular weight is 231 g/mol. The van der Waals surface area contributed by atoms with Gasteiger partial charge in [-0.25, -0.2) is 9.78 Å². The zero-order valence-corrected chi connectivity index (χ0v) is 9.40. The molecule has 6 heteroatoms. The molecule has 15 heavy (non-hydrogen) atoms. The van der Waals surface area contributed by atoms with Crippen molar-refractivity contribution in [2.75, 3.05) is 14.2 Å². The van der Waals surface area contributed by atoms with Gasteiger partial charge in [0.05, 0.1) is 20.4 Å². The van der Waals surface area contributed by atoms with Crippen LogP contribution in [-0.2, 0) is 29.9 Å². The number of hydrogen-bond donors (Lipinski definition) is 0. The van der Waals surface area contributed by atoms with Gasteiger partial charge in [0.2, 0.25) is 0 Å². The summed E-state index contributed by atoms with van der Waals surface area (Å²) in [5.41, 5.74) is 0.784. The van der Waals surface area contributed by atoms with Crippen molar-refractivity contribution in [3.63, 3.8) is 0 Å². The molecule has 0 heterocycles. The Morgan fingerprint density at radius 3 is 2.20 bits per heavy atom. The molecule has 0 aliphatic rings. The summed E-state index contributed by atoms with van der Waals surface area (Å²) in [6.07, 6.45) is 0.0728. The lowest BCUT2D eigenvalue weighted by atomic mass is 10.2. The molecule has 1 aromatic rings. The fourth-order valence-electron chi connectivity index (χ4n) is 1.04. The maximum Gasteiger partial charge on any atom is 0.388 e. The van der Waals surface area contributed by atoms with Gasteiger partial charge in [0.15, 0.2) is 0 Å². The van der Waals surface area contributed by atoms with Crippen LogP contribution in [0.1, 0.15) is 5.56 Å². The second kappa shape index (κ2) is 6.00.